The highest BCUT2D eigenvalue weighted by atomic mass is 16.4. The molecule has 110 valence electrons. The Balaban J connectivity index is 2.14. The number of likely N-dealkylation sites (tertiary alicyclic amines) is 1. The third kappa shape index (κ3) is 3.31. The molecule has 1 saturated carbocycles. The van der Waals surface area contributed by atoms with Crippen LogP contribution in [0.4, 0.5) is 0 Å². The molecule has 3 nitrogen and oxygen atoms in total. The van der Waals surface area contributed by atoms with Gasteiger partial charge in [0.15, 0.2) is 0 Å². The molecule has 19 heavy (non-hydrogen) atoms. The summed E-state index contributed by atoms with van der Waals surface area (Å²) in [5.74, 6) is 0.180. The normalized spacial score (nSPS) is 34.5. The standard InChI is InChI=1S/C16H29NO2/c1-2-14-8-7-10-16(11-9-14,15(18)19)17-12-5-3-4-6-13-17/h14H,2-13H2,1H3,(H,18,19). The molecule has 0 bridgehead atoms. The largest absolute Gasteiger partial charge is 0.480 e. The van der Waals surface area contributed by atoms with Crippen molar-refractivity contribution >= 4 is 5.97 Å². The second kappa shape index (κ2) is 6.74. The summed E-state index contributed by atoms with van der Waals surface area (Å²) in [6.07, 6.45) is 11.2. The van der Waals surface area contributed by atoms with Gasteiger partial charge in [-0.05, 0) is 51.1 Å². The van der Waals surface area contributed by atoms with E-state index in [0.29, 0.717) is 0 Å². The van der Waals surface area contributed by atoms with E-state index < -0.39 is 11.5 Å². The molecule has 0 radical (unpaired) electrons. The van der Waals surface area contributed by atoms with Gasteiger partial charge in [-0.25, -0.2) is 0 Å². The van der Waals surface area contributed by atoms with Crippen molar-refractivity contribution in [3.63, 3.8) is 0 Å². The molecule has 2 atom stereocenters. The molecule has 0 amide bonds. The number of carboxylic acid groups (broad SMARTS) is 1. The van der Waals surface area contributed by atoms with Crippen LogP contribution in [0.25, 0.3) is 0 Å². The third-order valence-electron chi connectivity index (χ3n) is 5.36. The van der Waals surface area contributed by atoms with Gasteiger partial charge in [-0.15, -0.1) is 0 Å². The molecule has 2 fully saturated rings. The summed E-state index contributed by atoms with van der Waals surface area (Å²) in [6.45, 7) is 4.22. The van der Waals surface area contributed by atoms with Crippen molar-refractivity contribution < 1.29 is 9.90 Å². The van der Waals surface area contributed by atoms with Crippen LogP contribution >= 0.6 is 0 Å². The SMILES string of the molecule is CCC1CCCC(C(=O)O)(N2CCCCCC2)CC1. The van der Waals surface area contributed by atoms with Gasteiger partial charge in [0.2, 0.25) is 0 Å². The van der Waals surface area contributed by atoms with Crippen molar-refractivity contribution in [1.29, 1.82) is 0 Å². The Morgan fingerprint density at radius 3 is 2.37 bits per heavy atom. The molecule has 2 rings (SSSR count). The van der Waals surface area contributed by atoms with E-state index in [1.807, 2.05) is 0 Å². The van der Waals surface area contributed by atoms with E-state index in [9.17, 15) is 9.90 Å². The van der Waals surface area contributed by atoms with Crippen molar-refractivity contribution in [2.45, 2.75) is 76.7 Å². The van der Waals surface area contributed by atoms with E-state index in [4.69, 9.17) is 0 Å². The predicted molar refractivity (Wildman–Crippen MR) is 77.3 cm³/mol. The van der Waals surface area contributed by atoms with E-state index in [2.05, 4.69) is 11.8 Å². The van der Waals surface area contributed by atoms with Crippen LogP contribution in [0, 0.1) is 5.92 Å². The fourth-order valence-corrected chi connectivity index (χ4v) is 3.97. The average molecular weight is 267 g/mol. The minimum Gasteiger partial charge on any atom is -0.480 e. The number of carboxylic acids is 1. The molecule has 2 aliphatic rings. The minimum atomic E-state index is -0.564. The molecule has 0 aromatic rings. The number of aliphatic carboxylic acids is 1. The number of nitrogens with zero attached hydrogens (tertiary/aromatic N) is 1. The quantitative estimate of drug-likeness (QED) is 0.793. The molecule has 0 aromatic heterocycles. The number of hydrogen-bond donors (Lipinski definition) is 1. The fourth-order valence-electron chi connectivity index (χ4n) is 3.97. The van der Waals surface area contributed by atoms with E-state index in [-0.39, 0.29) is 0 Å². The van der Waals surface area contributed by atoms with Crippen molar-refractivity contribution in [2.75, 3.05) is 13.1 Å². The molecular weight excluding hydrogens is 238 g/mol. The molecule has 1 aliphatic heterocycles. The average Bonchev–Trinajstić information content (AvgIpc) is 2.79. The Morgan fingerprint density at radius 1 is 1.11 bits per heavy atom. The summed E-state index contributed by atoms with van der Waals surface area (Å²) in [4.78, 5) is 14.3. The lowest BCUT2D eigenvalue weighted by Gasteiger charge is -2.40. The summed E-state index contributed by atoms with van der Waals surface area (Å²) in [5.41, 5.74) is -0.547. The lowest BCUT2D eigenvalue weighted by molar-refractivity contribution is -0.153. The molecular formula is C16H29NO2. The van der Waals surface area contributed by atoms with E-state index in [1.54, 1.807) is 0 Å². The zero-order chi connectivity index (χ0) is 13.7. The first-order valence-electron chi connectivity index (χ1n) is 8.17. The van der Waals surface area contributed by atoms with Gasteiger partial charge in [-0.3, -0.25) is 9.69 Å². The van der Waals surface area contributed by atoms with Crippen molar-refractivity contribution in [1.82, 2.24) is 4.90 Å². The van der Waals surface area contributed by atoms with Crippen molar-refractivity contribution in [3.8, 4) is 0 Å². The molecule has 1 aliphatic carbocycles. The van der Waals surface area contributed by atoms with Crippen molar-refractivity contribution in [3.05, 3.63) is 0 Å². The van der Waals surface area contributed by atoms with Crippen LogP contribution in [-0.4, -0.2) is 34.6 Å². The lowest BCUT2D eigenvalue weighted by atomic mass is 9.87. The molecule has 0 aromatic carbocycles. The first-order chi connectivity index (χ1) is 9.19. The predicted octanol–water partition coefficient (Wildman–Crippen LogP) is 3.68. The van der Waals surface area contributed by atoms with Gasteiger partial charge in [-0.2, -0.15) is 0 Å². The third-order valence-corrected chi connectivity index (χ3v) is 5.36. The van der Waals surface area contributed by atoms with Gasteiger partial charge in [0.25, 0.3) is 0 Å². The first kappa shape index (κ1) is 14.8. The zero-order valence-electron chi connectivity index (χ0n) is 12.4. The second-order valence-corrected chi connectivity index (χ2v) is 6.44. The molecule has 0 spiro atoms. The Kier molecular flexibility index (Phi) is 5.26. The fraction of sp³-hybridized carbons (Fsp3) is 0.938. The highest BCUT2D eigenvalue weighted by Crippen LogP contribution is 2.37. The number of rotatable bonds is 3. The van der Waals surface area contributed by atoms with E-state index in [1.165, 1.54) is 38.5 Å². The first-order valence-corrected chi connectivity index (χ1v) is 8.17. The van der Waals surface area contributed by atoms with Crippen LogP contribution in [0.1, 0.15) is 71.1 Å². The summed E-state index contributed by atoms with van der Waals surface area (Å²) in [6, 6.07) is 0. The van der Waals surface area contributed by atoms with Crippen LogP contribution < -0.4 is 0 Å². The summed E-state index contributed by atoms with van der Waals surface area (Å²) in [5, 5.41) is 9.88. The zero-order valence-corrected chi connectivity index (χ0v) is 12.4. The highest BCUT2D eigenvalue weighted by Gasteiger charge is 2.44. The molecule has 2 unspecified atom stereocenters. The second-order valence-electron chi connectivity index (χ2n) is 6.44. The Morgan fingerprint density at radius 2 is 1.79 bits per heavy atom. The van der Waals surface area contributed by atoms with Crippen molar-refractivity contribution in [2.24, 2.45) is 5.92 Å². The smallest absolute Gasteiger partial charge is 0.324 e. The summed E-state index contributed by atoms with van der Waals surface area (Å²) >= 11 is 0. The maximum absolute atomic E-state index is 12.0. The van der Waals surface area contributed by atoms with Gasteiger partial charge in [0.05, 0.1) is 0 Å². The van der Waals surface area contributed by atoms with Gasteiger partial charge in [0, 0.05) is 0 Å². The van der Waals surface area contributed by atoms with Gasteiger partial charge in [-0.1, -0.05) is 39.0 Å². The van der Waals surface area contributed by atoms with Crippen LogP contribution in [-0.2, 0) is 4.79 Å². The van der Waals surface area contributed by atoms with Gasteiger partial charge >= 0.3 is 5.97 Å². The highest BCUT2D eigenvalue weighted by molar-refractivity contribution is 5.78. The maximum atomic E-state index is 12.0. The molecule has 1 saturated heterocycles. The van der Waals surface area contributed by atoms with Crippen LogP contribution in [0.5, 0.6) is 0 Å². The Bertz CT molecular complexity index is 297. The van der Waals surface area contributed by atoms with Crippen LogP contribution in [0.15, 0.2) is 0 Å². The number of hydrogen-bond acceptors (Lipinski definition) is 2. The Hall–Kier alpha value is -0.570. The number of carbonyl (C=O) groups is 1. The Labute approximate surface area is 117 Å². The molecule has 1 heterocycles. The minimum absolute atomic E-state index is 0.547. The lowest BCUT2D eigenvalue weighted by Crippen LogP contribution is -2.54. The van der Waals surface area contributed by atoms with Gasteiger partial charge in [0.1, 0.15) is 5.54 Å². The topological polar surface area (TPSA) is 40.5 Å². The van der Waals surface area contributed by atoms with Crippen LogP contribution in [0.3, 0.4) is 0 Å². The van der Waals surface area contributed by atoms with E-state index in [0.717, 1.165) is 44.7 Å². The summed E-state index contributed by atoms with van der Waals surface area (Å²) < 4.78 is 0. The maximum Gasteiger partial charge on any atom is 0.324 e. The van der Waals surface area contributed by atoms with E-state index >= 15 is 0 Å². The van der Waals surface area contributed by atoms with Gasteiger partial charge < -0.3 is 5.11 Å². The molecule has 1 N–H and O–H groups in total. The van der Waals surface area contributed by atoms with Crippen LogP contribution in [0.2, 0.25) is 0 Å². The monoisotopic (exact) mass is 267 g/mol. The molecule has 3 heteroatoms. The summed E-state index contributed by atoms with van der Waals surface area (Å²) in [7, 11) is 0.